The molecule has 68 valence electrons. The van der Waals surface area contributed by atoms with Gasteiger partial charge in [0.1, 0.15) is 0 Å². The molecule has 0 radical (unpaired) electrons. The van der Waals surface area contributed by atoms with Crippen LogP contribution in [0, 0.1) is 12.3 Å². The molecule has 1 heteroatoms. The predicted molar refractivity (Wildman–Crippen MR) is 54.4 cm³/mol. The first-order valence-corrected chi connectivity index (χ1v) is 4.53. The molecule has 0 N–H and O–H groups in total. The molecule has 0 aliphatic carbocycles. The van der Waals surface area contributed by atoms with Gasteiger partial charge in [0.2, 0.25) is 0 Å². The predicted octanol–water partition coefficient (Wildman–Crippen LogP) is 2.46. The molecule has 1 aliphatic rings. The fourth-order valence-electron chi connectivity index (χ4n) is 1.04. The van der Waals surface area contributed by atoms with E-state index < -0.39 is 0 Å². The average Bonchev–Trinajstić information content (AvgIpc) is 2.77. The molecule has 13 heavy (non-hydrogen) atoms. The van der Waals surface area contributed by atoms with Crippen LogP contribution in [0.5, 0.6) is 0 Å². The van der Waals surface area contributed by atoms with Gasteiger partial charge < -0.3 is 4.74 Å². The minimum Gasteiger partial charge on any atom is -0.381 e. The second kappa shape index (κ2) is 6.28. The quantitative estimate of drug-likeness (QED) is 0.549. The van der Waals surface area contributed by atoms with E-state index in [0.717, 1.165) is 18.8 Å². The number of ether oxygens (including phenoxy) is 1. The van der Waals surface area contributed by atoms with Crippen LogP contribution in [-0.4, -0.2) is 13.2 Å². The van der Waals surface area contributed by atoms with E-state index in [0.29, 0.717) is 0 Å². The van der Waals surface area contributed by atoms with Crippen molar-refractivity contribution in [2.45, 2.75) is 12.8 Å². The van der Waals surface area contributed by atoms with E-state index in [1.807, 2.05) is 30.3 Å². The van der Waals surface area contributed by atoms with Crippen LogP contribution in [0.3, 0.4) is 0 Å². The van der Waals surface area contributed by atoms with Crippen molar-refractivity contribution in [3.05, 3.63) is 35.9 Å². The molecule has 0 saturated carbocycles. The number of benzene rings is 1. The summed E-state index contributed by atoms with van der Waals surface area (Å²) in [6.07, 6.45) is 7.66. The molecule has 1 nitrogen and oxygen atoms in total. The van der Waals surface area contributed by atoms with Gasteiger partial charge >= 0.3 is 0 Å². The summed E-state index contributed by atoms with van der Waals surface area (Å²) >= 11 is 0. The molecular weight excluding hydrogens is 160 g/mol. The molecule has 0 unspecified atom stereocenters. The highest BCUT2D eigenvalue weighted by Crippen LogP contribution is 1.98. The lowest BCUT2D eigenvalue weighted by atomic mass is 10.2. The van der Waals surface area contributed by atoms with E-state index in [4.69, 9.17) is 11.2 Å². The van der Waals surface area contributed by atoms with Crippen LogP contribution >= 0.6 is 0 Å². The topological polar surface area (TPSA) is 9.23 Å². The molecule has 1 fully saturated rings. The van der Waals surface area contributed by atoms with Gasteiger partial charge in [-0.15, -0.1) is 6.42 Å². The van der Waals surface area contributed by atoms with Crippen LogP contribution in [0.25, 0.3) is 0 Å². The van der Waals surface area contributed by atoms with Gasteiger partial charge in [-0.3, -0.25) is 0 Å². The summed E-state index contributed by atoms with van der Waals surface area (Å²) in [6, 6.07) is 9.60. The Labute approximate surface area is 79.7 Å². The zero-order valence-corrected chi connectivity index (χ0v) is 7.70. The molecule has 1 heterocycles. The van der Waals surface area contributed by atoms with Gasteiger partial charge in [-0.1, -0.05) is 24.1 Å². The van der Waals surface area contributed by atoms with Crippen molar-refractivity contribution in [3.63, 3.8) is 0 Å². The first-order valence-electron chi connectivity index (χ1n) is 4.53. The molecule has 1 aromatic carbocycles. The first kappa shape index (κ1) is 9.83. The van der Waals surface area contributed by atoms with Crippen LogP contribution in [0.2, 0.25) is 0 Å². The van der Waals surface area contributed by atoms with Gasteiger partial charge in [-0.05, 0) is 25.0 Å². The van der Waals surface area contributed by atoms with Gasteiger partial charge in [-0.2, -0.15) is 0 Å². The Morgan fingerprint density at radius 2 is 1.69 bits per heavy atom. The number of hydrogen-bond donors (Lipinski definition) is 0. The second-order valence-corrected chi connectivity index (χ2v) is 2.83. The van der Waals surface area contributed by atoms with Crippen LogP contribution in [-0.2, 0) is 4.74 Å². The fraction of sp³-hybridized carbons (Fsp3) is 0.333. The summed E-state index contributed by atoms with van der Waals surface area (Å²) in [5.74, 6) is 2.53. The standard InChI is InChI=1S/C8H6.C4H8O/c1-2-8-6-4-3-5-7-8;1-2-4-5-3-1/h1,3-7H;1-4H2. The molecule has 2 rings (SSSR count). The SMILES string of the molecule is C#Cc1ccccc1.C1CCOC1. The lowest BCUT2D eigenvalue weighted by Gasteiger charge is -1.82. The van der Waals surface area contributed by atoms with Gasteiger partial charge in [0, 0.05) is 18.8 Å². The highest BCUT2D eigenvalue weighted by molar-refractivity contribution is 5.30. The largest absolute Gasteiger partial charge is 0.381 e. The number of hydrogen-bond acceptors (Lipinski definition) is 1. The van der Waals surface area contributed by atoms with Crippen molar-refractivity contribution in [1.29, 1.82) is 0 Å². The Morgan fingerprint density at radius 3 is 2.00 bits per heavy atom. The lowest BCUT2D eigenvalue weighted by Crippen LogP contribution is -1.74. The number of rotatable bonds is 0. The van der Waals surface area contributed by atoms with Crippen LogP contribution in [0.1, 0.15) is 18.4 Å². The minimum atomic E-state index is 0.938. The molecule has 0 aromatic heterocycles. The Morgan fingerprint density at radius 1 is 1.08 bits per heavy atom. The Hall–Kier alpha value is -1.26. The molecule has 0 atom stereocenters. The molecule has 1 aromatic rings. The van der Waals surface area contributed by atoms with E-state index in [-0.39, 0.29) is 0 Å². The van der Waals surface area contributed by atoms with Gasteiger partial charge in [-0.25, -0.2) is 0 Å². The highest BCUT2D eigenvalue weighted by Gasteiger charge is 1.94. The maximum atomic E-state index is 5.10. The van der Waals surface area contributed by atoms with E-state index in [1.165, 1.54) is 12.8 Å². The Bertz CT molecular complexity index is 247. The Balaban J connectivity index is 0.000000145. The smallest absolute Gasteiger partial charge is 0.0466 e. The van der Waals surface area contributed by atoms with Crippen molar-refractivity contribution in [3.8, 4) is 12.3 Å². The molecule has 0 spiro atoms. The monoisotopic (exact) mass is 174 g/mol. The molecule has 0 amide bonds. The van der Waals surface area contributed by atoms with E-state index >= 15 is 0 Å². The molecular formula is C12H14O. The normalized spacial score (nSPS) is 14.1. The van der Waals surface area contributed by atoms with Crippen LogP contribution in [0.4, 0.5) is 0 Å². The Kier molecular flexibility index (Phi) is 4.74. The summed E-state index contributed by atoms with van der Waals surface area (Å²) in [7, 11) is 0. The summed E-state index contributed by atoms with van der Waals surface area (Å²) in [4.78, 5) is 0. The minimum absolute atomic E-state index is 0.938. The van der Waals surface area contributed by atoms with Crippen molar-refractivity contribution in [2.24, 2.45) is 0 Å². The van der Waals surface area contributed by atoms with E-state index in [1.54, 1.807) is 0 Å². The van der Waals surface area contributed by atoms with Gasteiger partial charge in [0.15, 0.2) is 0 Å². The summed E-state index contributed by atoms with van der Waals surface area (Å²) in [5, 5.41) is 0. The van der Waals surface area contributed by atoms with Crippen LogP contribution < -0.4 is 0 Å². The lowest BCUT2D eigenvalue weighted by molar-refractivity contribution is 0.198. The molecule has 1 aliphatic heterocycles. The second-order valence-electron chi connectivity index (χ2n) is 2.83. The summed E-state index contributed by atoms with van der Waals surface area (Å²) in [5.41, 5.74) is 0.938. The molecule has 0 bridgehead atoms. The van der Waals surface area contributed by atoms with Crippen LogP contribution in [0.15, 0.2) is 30.3 Å². The van der Waals surface area contributed by atoms with E-state index in [9.17, 15) is 0 Å². The summed E-state index contributed by atoms with van der Waals surface area (Å²) in [6.45, 7) is 2.00. The fourth-order valence-corrected chi connectivity index (χ4v) is 1.04. The maximum absolute atomic E-state index is 5.10. The van der Waals surface area contributed by atoms with Gasteiger partial charge in [0.05, 0.1) is 0 Å². The first-order chi connectivity index (χ1) is 6.43. The van der Waals surface area contributed by atoms with Crippen molar-refractivity contribution in [1.82, 2.24) is 0 Å². The zero-order valence-electron chi connectivity index (χ0n) is 7.70. The maximum Gasteiger partial charge on any atom is 0.0466 e. The van der Waals surface area contributed by atoms with Gasteiger partial charge in [0.25, 0.3) is 0 Å². The third kappa shape index (κ3) is 4.35. The number of terminal acetylenes is 1. The van der Waals surface area contributed by atoms with Crippen molar-refractivity contribution >= 4 is 0 Å². The van der Waals surface area contributed by atoms with E-state index in [2.05, 4.69) is 5.92 Å². The third-order valence-electron chi connectivity index (χ3n) is 1.77. The summed E-state index contributed by atoms with van der Waals surface area (Å²) < 4.78 is 4.94. The van der Waals surface area contributed by atoms with Crippen molar-refractivity contribution < 1.29 is 4.74 Å². The molecule has 1 saturated heterocycles. The zero-order chi connectivity index (χ0) is 9.36. The highest BCUT2D eigenvalue weighted by atomic mass is 16.5. The third-order valence-corrected chi connectivity index (χ3v) is 1.77. The average molecular weight is 174 g/mol. The van der Waals surface area contributed by atoms with Crippen molar-refractivity contribution in [2.75, 3.05) is 13.2 Å².